The first-order chi connectivity index (χ1) is 8.99. The predicted molar refractivity (Wildman–Crippen MR) is 72.6 cm³/mol. The fourth-order valence-electron chi connectivity index (χ4n) is 1.36. The highest BCUT2D eigenvalue weighted by Crippen LogP contribution is 2.25. The van der Waals surface area contributed by atoms with Crippen LogP contribution in [-0.4, -0.2) is 15.7 Å². The Morgan fingerprint density at radius 2 is 1.65 bits per heavy atom. The van der Waals surface area contributed by atoms with Gasteiger partial charge in [-0.15, -0.1) is 17.9 Å². The predicted octanol–water partition coefficient (Wildman–Crippen LogP) is 3.70. The zero-order chi connectivity index (χ0) is 15.6. The quantitative estimate of drug-likeness (QED) is 0.863. The summed E-state index contributed by atoms with van der Waals surface area (Å²) in [6.45, 7) is 7.30. The van der Waals surface area contributed by atoms with Crippen molar-refractivity contribution in [2.75, 3.05) is 0 Å². The smallest absolute Gasteiger partial charge is 0.573 e. The van der Waals surface area contributed by atoms with Crippen LogP contribution in [0.4, 0.5) is 13.2 Å². The topological polar surface area (TPSA) is 44.3 Å². The normalized spacial score (nSPS) is 15.8. The van der Waals surface area contributed by atoms with Crippen LogP contribution >= 0.6 is 0 Å². The molecule has 3 nitrogen and oxygen atoms in total. The van der Waals surface area contributed by atoms with Gasteiger partial charge in [-0.2, -0.15) is 0 Å². The number of rotatable bonds is 4. The minimum Gasteiger partial charge on any atom is -0.598 e. The average molecular weight is 309 g/mol. The summed E-state index contributed by atoms with van der Waals surface area (Å²) in [4.78, 5) is 0. The van der Waals surface area contributed by atoms with Gasteiger partial charge in [0.15, 0.2) is 0 Å². The third-order valence-corrected chi connectivity index (χ3v) is 4.13. The van der Waals surface area contributed by atoms with Gasteiger partial charge in [-0.25, -0.2) is 0 Å². The monoisotopic (exact) mass is 309 g/mol. The Bertz CT molecular complexity index is 429. The van der Waals surface area contributed by atoms with Crippen LogP contribution in [0.15, 0.2) is 24.3 Å². The van der Waals surface area contributed by atoms with Gasteiger partial charge in [-0.1, -0.05) is 12.1 Å². The molecule has 0 saturated heterocycles. The molecule has 0 fully saturated rings. The molecular formula is C13H18F3NO2S. The highest BCUT2D eigenvalue weighted by atomic mass is 32.2. The molecule has 0 saturated carbocycles. The van der Waals surface area contributed by atoms with E-state index in [0.717, 1.165) is 5.56 Å². The molecule has 0 aliphatic carbocycles. The summed E-state index contributed by atoms with van der Waals surface area (Å²) < 4.78 is 54.3. The van der Waals surface area contributed by atoms with Gasteiger partial charge >= 0.3 is 6.36 Å². The molecular weight excluding hydrogens is 291 g/mol. The van der Waals surface area contributed by atoms with E-state index in [0.29, 0.717) is 0 Å². The summed E-state index contributed by atoms with van der Waals surface area (Å²) in [7, 11) is 0. The highest BCUT2D eigenvalue weighted by molar-refractivity contribution is 7.90. The molecule has 0 unspecified atom stereocenters. The van der Waals surface area contributed by atoms with Gasteiger partial charge < -0.3 is 9.29 Å². The summed E-state index contributed by atoms with van der Waals surface area (Å²) in [5.41, 5.74) is 0.733. The van der Waals surface area contributed by atoms with E-state index >= 15 is 0 Å². The van der Waals surface area contributed by atoms with Crippen molar-refractivity contribution in [1.29, 1.82) is 0 Å². The van der Waals surface area contributed by atoms with E-state index < -0.39 is 22.5 Å². The highest BCUT2D eigenvalue weighted by Gasteiger charge is 2.31. The maximum absolute atomic E-state index is 12.0. The molecule has 1 aromatic rings. The van der Waals surface area contributed by atoms with E-state index in [1.165, 1.54) is 24.3 Å². The maximum Gasteiger partial charge on any atom is 0.573 e. The van der Waals surface area contributed by atoms with Crippen molar-refractivity contribution < 1.29 is 22.5 Å². The van der Waals surface area contributed by atoms with Gasteiger partial charge in [-0.05, 0) is 45.4 Å². The third kappa shape index (κ3) is 5.60. The second-order valence-electron chi connectivity index (χ2n) is 5.34. The molecule has 0 aliphatic heterocycles. The Balaban J connectivity index is 2.69. The fraction of sp³-hybridized carbons (Fsp3) is 0.538. The fourth-order valence-corrected chi connectivity index (χ4v) is 2.17. The van der Waals surface area contributed by atoms with Crippen LogP contribution in [0.5, 0.6) is 5.75 Å². The molecule has 0 aromatic heterocycles. The number of nitrogens with one attached hydrogen (secondary N) is 1. The largest absolute Gasteiger partial charge is 0.598 e. The number of halogens is 3. The zero-order valence-corrected chi connectivity index (χ0v) is 12.6. The summed E-state index contributed by atoms with van der Waals surface area (Å²) >= 11 is -1.25. The summed E-state index contributed by atoms with van der Waals surface area (Å²) in [5, 5.41) is 0. The lowest BCUT2D eigenvalue weighted by molar-refractivity contribution is -0.274. The molecule has 1 N–H and O–H groups in total. The number of alkyl halides is 3. The van der Waals surface area contributed by atoms with Crippen LogP contribution in [-0.2, 0) is 11.4 Å². The molecule has 0 amide bonds. The van der Waals surface area contributed by atoms with Crippen molar-refractivity contribution in [3.05, 3.63) is 29.8 Å². The molecule has 0 bridgehead atoms. The second-order valence-corrected chi connectivity index (χ2v) is 7.34. The molecule has 114 valence electrons. The standard InChI is InChI=1S/C13H18F3NO2S/c1-9(17-20(18)12(2,3)4)10-5-7-11(8-6-10)19-13(14,15)16/h5-9,17H,1-4H3/t9-,20+/m0/s1. The van der Waals surface area contributed by atoms with Crippen LogP contribution in [0, 0.1) is 0 Å². The molecule has 0 spiro atoms. The van der Waals surface area contributed by atoms with Gasteiger partial charge in [0.2, 0.25) is 0 Å². The van der Waals surface area contributed by atoms with Crippen molar-refractivity contribution in [3.63, 3.8) is 0 Å². The third-order valence-electron chi connectivity index (χ3n) is 2.45. The van der Waals surface area contributed by atoms with Gasteiger partial charge in [0.05, 0.1) is 6.04 Å². The number of hydrogen-bond donors (Lipinski definition) is 1. The van der Waals surface area contributed by atoms with E-state index in [4.69, 9.17) is 0 Å². The lowest BCUT2D eigenvalue weighted by Gasteiger charge is -2.26. The van der Waals surface area contributed by atoms with Crippen LogP contribution in [0.25, 0.3) is 0 Å². The number of benzene rings is 1. The van der Waals surface area contributed by atoms with Crippen LogP contribution < -0.4 is 9.46 Å². The molecule has 0 radical (unpaired) electrons. The maximum atomic E-state index is 12.0. The minimum atomic E-state index is -4.70. The molecule has 0 heterocycles. The van der Waals surface area contributed by atoms with E-state index in [-0.39, 0.29) is 11.8 Å². The van der Waals surface area contributed by atoms with E-state index in [2.05, 4.69) is 9.46 Å². The van der Waals surface area contributed by atoms with E-state index in [9.17, 15) is 17.7 Å². The van der Waals surface area contributed by atoms with Crippen LogP contribution in [0.1, 0.15) is 39.3 Å². The number of ether oxygens (including phenoxy) is 1. The summed E-state index contributed by atoms with van der Waals surface area (Å²) in [6, 6.07) is 5.26. The molecule has 20 heavy (non-hydrogen) atoms. The second kappa shape index (κ2) is 6.24. The Morgan fingerprint density at radius 1 is 1.15 bits per heavy atom. The van der Waals surface area contributed by atoms with Gasteiger partial charge in [0.1, 0.15) is 10.5 Å². The zero-order valence-electron chi connectivity index (χ0n) is 11.7. The van der Waals surface area contributed by atoms with Crippen LogP contribution in [0.3, 0.4) is 0 Å². The average Bonchev–Trinajstić information content (AvgIpc) is 2.26. The molecule has 7 heteroatoms. The number of hydrogen-bond acceptors (Lipinski definition) is 3. The SMILES string of the molecule is C[C@H](N[S@+]([O-])C(C)(C)C)c1ccc(OC(F)(F)F)cc1. The van der Waals surface area contributed by atoms with Gasteiger partial charge in [0, 0.05) is 11.4 Å². The minimum absolute atomic E-state index is 0.241. The first-order valence-electron chi connectivity index (χ1n) is 6.03. The Kier molecular flexibility index (Phi) is 5.34. The van der Waals surface area contributed by atoms with Crippen molar-refractivity contribution >= 4 is 11.4 Å². The van der Waals surface area contributed by atoms with Crippen molar-refractivity contribution in [2.45, 2.75) is 44.8 Å². The lowest BCUT2D eigenvalue weighted by Crippen LogP contribution is -2.40. The first kappa shape index (κ1) is 17.1. The first-order valence-corrected chi connectivity index (χ1v) is 7.18. The Labute approximate surface area is 119 Å². The molecule has 0 aliphatic rings. The van der Waals surface area contributed by atoms with Crippen molar-refractivity contribution in [3.8, 4) is 5.75 Å². The van der Waals surface area contributed by atoms with E-state index in [1.54, 1.807) is 6.92 Å². The summed E-state index contributed by atoms with van der Waals surface area (Å²) in [6.07, 6.45) is -4.70. The van der Waals surface area contributed by atoms with Crippen molar-refractivity contribution in [2.24, 2.45) is 0 Å². The van der Waals surface area contributed by atoms with Gasteiger partial charge in [0.25, 0.3) is 0 Å². The Morgan fingerprint density at radius 3 is 2.05 bits per heavy atom. The molecule has 1 rings (SSSR count). The van der Waals surface area contributed by atoms with E-state index in [1.807, 2.05) is 20.8 Å². The van der Waals surface area contributed by atoms with Gasteiger partial charge in [-0.3, -0.25) is 0 Å². The summed E-state index contributed by atoms with van der Waals surface area (Å²) in [5.74, 6) is -0.273. The molecule has 1 aromatic carbocycles. The van der Waals surface area contributed by atoms with Crippen molar-refractivity contribution in [1.82, 2.24) is 4.72 Å². The lowest BCUT2D eigenvalue weighted by atomic mass is 10.1. The molecule has 2 atom stereocenters. The Hall–Kier alpha value is -0.920. The van der Waals surface area contributed by atoms with Crippen LogP contribution in [0.2, 0.25) is 0 Å².